The normalized spacial score (nSPS) is 14.7. The van der Waals surface area contributed by atoms with Crippen LogP contribution in [0.4, 0.5) is 4.39 Å². The minimum Gasteiger partial charge on any atom is -0.306 e. The Morgan fingerprint density at radius 2 is 2.00 bits per heavy atom. The molecule has 1 aromatic heterocycles. The lowest BCUT2D eigenvalue weighted by Crippen LogP contribution is -2.18. The second-order valence-corrected chi connectivity index (χ2v) is 5.88. The maximum Gasteiger partial charge on any atom is 0.254 e. The molecule has 1 aliphatic carbocycles. The van der Waals surface area contributed by atoms with Crippen molar-refractivity contribution in [3.8, 4) is 11.4 Å². The number of nitrogens with one attached hydrogen (secondary N) is 1. The average molecular weight is 337 g/mol. The van der Waals surface area contributed by atoms with Gasteiger partial charge in [0.15, 0.2) is 0 Å². The lowest BCUT2D eigenvalue weighted by Gasteiger charge is -2.08. The molecule has 20 heavy (non-hydrogen) atoms. The molecule has 1 N–H and O–H groups in total. The zero-order valence-electron chi connectivity index (χ0n) is 10.9. The Labute approximate surface area is 124 Å². The molecule has 0 unspecified atom stereocenters. The van der Waals surface area contributed by atoms with E-state index < -0.39 is 0 Å². The zero-order valence-corrected chi connectivity index (χ0v) is 12.5. The van der Waals surface area contributed by atoms with Crippen molar-refractivity contribution >= 4 is 15.9 Å². The lowest BCUT2D eigenvalue weighted by molar-refractivity contribution is 0.621. The van der Waals surface area contributed by atoms with Gasteiger partial charge in [-0.05, 0) is 59.8 Å². The second kappa shape index (κ2) is 5.48. The van der Waals surface area contributed by atoms with Gasteiger partial charge in [-0.3, -0.25) is 4.79 Å². The Kier molecular flexibility index (Phi) is 3.70. The number of H-pyrrole nitrogens is 1. The summed E-state index contributed by atoms with van der Waals surface area (Å²) in [6.45, 7) is 0. The highest BCUT2D eigenvalue weighted by Crippen LogP contribution is 2.24. The van der Waals surface area contributed by atoms with Crippen LogP contribution in [-0.2, 0) is 12.8 Å². The summed E-state index contributed by atoms with van der Waals surface area (Å²) in [6, 6.07) is 4.63. The number of nitrogens with zero attached hydrogens (tertiary/aromatic N) is 1. The first kappa shape index (κ1) is 13.5. The molecule has 104 valence electrons. The van der Waals surface area contributed by atoms with Crippen molar-refractivity contribution in [1.82, 2.24) is 9.97 Å². The van der Waals surface area contributed by atoms with E-state index in [1.54, 1.807) is 12.1 Å². The van der Waals surface area contributed by atoms with Gasteiger partial charge in [-0.25, -0.2) is 9.37 Å². The molecule has 0 saturated heterocycles. The molecule has 1 aliphatic rings. The molecule has 0 radical (unpaired) electrons. The van der Waals surface area contributed by atoms with E-state index in [0.29, 0.717) is 15.9 Å². The van der Waals surface area contributed by atoms with Crippen LogP contribution in [0.3, 0.4) is 0 Å². The number of aryl methyl sites for hydroxylation is 1. The third-order valence-electron chi connectivity index (χ3n) is 3.63. The van der Waals surface area contributed by atoms with Crippen molar-refractivity contribution in [3.63, 3.8) is 0 Å². The quantitative estimate of drug-likeness (QED) is 0.808. The summed E-state index contributed by atoms with van der Waals surface area (Å²) in [4.78, 5) is 19.6. The van der Waals surface area contributed by atoms with E-state index in [1.807, 2.05) is 0 Å². The second-order valence-electron chi connectivity index (χ2n) is 5.03. The van der Waals surface area contributed by atoms with Crippen LogP contribution in [0.2, 0.25) is 0 Å². The van der Waals surface area contributed by atoms with E-state index in [1.165, 1.54) is 6.07 Å². The molecule has 0 spiro atoms. The van der Waals surface area contributed by atoms with Crippen LogP contribution in [0, 0.1) is 5.82 Å². The van der Waals surface area contributed by atoms with Crippen molar-refractivity contribution in [2.24, 2.45) is 0 Å². The molecule has 0 saturated carbocycles. The molecule has 0 amide bonds. The molecule has 1 aromatic carbocycles. The van der Waals surface area contributed by atoms with Gasteiger partial charge in [0, 0.05) is 11.1 Å². The number of benzene rings is 1. The SMILES string of the molecule is O=c1[nH]c(-c2ccc(F)c(Br)c2)nc2c1CCCCC2. The van der Waals surface area contributed by atoms with Gasteiger partial charge >= 0.3 is 0 Å². The van der Waals surface area contributed by atoms with Crippen LogP contribution >= 0.6 is 15.9 Å². The summed E-state index contributed by atoms with van der Waals surface area (Å²) in [7, 11) is 0. The standard InChI is InChI=1S/C15H14BrFN2O/c16-11-8-9(6-7-12(11)17)14-18-13-5-3-1-2-4-10(13)15(20)19-14/h6-8H,1-5H2,(H,18,19,20). The summed E-state index contributed by atoms with van der Waals surface area (Å²) in [6.07, 6.45) is 4.88. The molecule has 1 heterocycles. The number of hydrogen-bond acceptors (Lipinski definition) is 2. The van der Waals surface area contributed by atoms with Crippen molar-refractivity contribution in [2.45, 2.75) is 32.1 Å². The largest absolute Gasteiger partial charge is 0.306 e. The minimum absolute atomic E-state index is 0.0626. The number of hydrogen-bond donors (Lipinski definition) is 1. The Balaban J connectivity index is 2.10. The fourth-order valence-electron chi connectivity index (χ4n) is 2.56. The molecular weight excluding hydrogens is 323 g/mol. The Morgan fingerprint density at radius 3 is 2.80 bits per heavy atom. The van der Waals surface area contributed by atoms with Gasteiger partial charge < -0.3 is 4.98 Å². The number of aromatic nitrogens is 2. The minimum atomic E-state index is -0.328. The molecule has 0 bridgehead atoms. The molecule has 0 aliphatic heterocycles. The van der Waals surface area contributed by atoms with Gasteiger partial charge in [0.25, 0.3) is 5.56 Å². The monoisotopic (exact) mass is 336 g/mol. The van der Waals surface area contributed by atoms with Crippen molar-refractivity contribution in [3.05, 3.63) is 50.1 Å². The van der Waals surface area contributed by atoms with Gasteiger partial charge in [-0.2, -0.15) is 0 Å². The van der Waals surface area contributed by atoms with Crippen LogP contribution in [0.1, 0.15) is 30.5 Å². The first-order valence-corrected chi connectivity index (χ1v) is 7.52. The molecule has 3 rings (SSSR count). The lowest BCUT2D eigenvalue weighted by atomic mass is 10.1. The van der Waals surface area contributed by atoms with Crippen molar-refractivity contribution < 1.29 is 4.39 Å². The third-order valence-corrected chi connectivity index (χ3v) is 4.24. The molecule has 2 aromatic rings. The molecule has 0 atom stereocenters. The highest BCUT2D eigenvalue weighted by atomic mass is 79.9. The summed E-state index contributed by atoms with van der Waals surface area (Å²) in [5, 5.41) is 0. The van der Waals surface area contributed by atoms with Crippen LogP contribution in [0.25, 0.3) is 11.4 Å². The zero-order chi connectivity index (χ0) is 14.1. The maximum absolute atomic E-state index is 13.3. The van der Waals surface area contributed by atoms with Crippen LogP contribution in [0.15, 0.2) is 27.5 Å². The Bertz CT molecular complexity index is 712. The van der Waals surface area contributed by atoms with E-state index in [4.69, 9.17) is 0 Å². The number of rotatable bonds is 1. The highest BCUT2D eigenvalue weighted by molar-refractivity contribution is 9.10. The molecule has 3 nitrogen and oxygen atoms in total. The van der Waals surface area contributed by atoms with Crippen molar-refractivity contribution in [1.29, 1.82) is 0 Å². The summed E-state index contributed by atoms with van der Waals surface area (Å²) >= 11 is 3.15. The summed E-state index contributed by atoms with van der Waals surface area (Å²) in [5.41, 5.74) is 2.35. The van der Waals surface area contributed by atoms with E-state index in [2.05, 4.69) is 25.9 Å². The summed E-state index contributed by atoms with van der Waals surface area (Å²) in [5.74, 6) is 0.183. The Hall–Kier alpha value is -1.49. The molecule has 0 fully saturated rings. The van der Waals surface area contributed by atoms with E-state index in [9.17, 15) is 9.18 Å². The number of fused-ring (bicyclic) bond motifs is 1. The van der Waals surface area contributed by atoms with Crippen LogP contribution < -0.4 is 5.56 Å². The fourth-order valence-corrected chi connectivity index (χ4v) is 2.94. The van der Waals surface area contributed by atoms with E-state index in [0.717, 1.165) is 43.4 Å². The van der Waals surface area contributed by atoms with Gasteiger partial charge in [-0.15, -0.1) is 0 Å². The van der Waals surface area contributed by atoms with Gasteiger partial charge in [0.2, 0.25) is 0 Å². The van der Waals surface area contributed by atoms with Gasteiger partial charge in [-0.1, -0.05) is 6.42 Å². The van der Waals surface area contributed by atoms with E-state index in [-0.39, 0.29) is 11.4 Å². The number of halogens is 2. The van der Waals surface area contributed by atoms with E-state index >= 15 is 0 Å². The predicted molar refractivity (Wildman–Crippen MR) is 79.2 cm³/mol. The fraction of sp³-hybridized carbons (Fsp3) is 0.333. The molecule has 5 heteroatoms. The topological polar surface area (TPSA) is 45.8 Å². The van der Waals surface area contributed by atoms with Crippen LogP contribution in [-0.4, -0.2) is 9.97 Å². The third kappa shape index (κ3) is 2.54. The number of aromatic amines is 1. The average Bonchev–Trinajstić information content (AvgIpc) is 2.67. The van der Waals surface area contributed by atoms with Gasteiger partial charge in [0.1, 0.15) is 11.6 Å². The Morgan fingerprint density at radius 1 is 1.20 bits per heavy atom. The summed E-state index contributed by atoms with van der Waals surface area (Å²) < 4.78 is 13.6. The van der Waals surface area contributed by atoms with Crippen LogP contribution in [0.5, 0.6) is 0 Å². The van der Waals surface area contributed by atoms with Gasteiger partial charge in [0.05, 0.1) is 10.2 Å². The first-order chi connectivity index (χ1) is 9.65. The maximum atomic E-state index is 13.3. The molecular formula is C15H14BrFN2O. The smallest absolute Gasteiger partial charge is 0.254 e. The first-order valence-electron chi connectivity index (χ1n) is 6.72. The van der Waals surface area contributed by atoms with Crippen molar-refractivity contribution in [2.75, 3.05) is 0 Å². The predicted octanol–water partition coefficient (Wildman–Crippen LogP) is 3.61. The highest BCUT2D eigenvalue weighted by Gasteiger charge is 2.15.